The number of carbonyl (C=O) groups excluding carboxylic acids is 1. The molecule has 0 radical (unpaired) electrons. The second-order valence-electron chi connectivity index (χ2n) is 10.8. The summed E-state index contributed by atoms with van der Waals surface area (Å²) in [6.45, 7) is 10.6. The molecule has 27 heavy (non-hydrogen) atoms. The summed E-state index contributed by atoms with van der Waals surface area (Å²) < 4.78 is 5.33. The maximum Gasteiger partial charge on any atom is 0.407 e. The molecule has 0 aliphatic heterocycles. The molecule has 3 saturated carbocycles. The Morgan fingerprint density at radius 3 is 2.37 bits per heavy atom. The highest BCUT2D eigenvalue weighted by molar-refractivity contribution is 5.67. The molecule has 3 aliphatic carbocycles. The van der Waals surface area contributed by atoms with Crippen LogP contribution < -0.4 is 5.32 Å². The quantitative estimate of drug-likeness (QED) is 0.693. The first-order chi connectivity index (χ1) is 12.5. The Balaban J connectivity index is 1.66. The first-order valence-electron chi connectivity index (χ1n) is 10.8. The summed E-state index contributed by atoms with van der Waals surface area (Å²) in [6.07, 6.45) is 5.91. The molecule has 5 heteroatoms. The summed E-state index contributed by atoms with van der Waals surface area (Å²) in [5, 5.41) is 24.3. The molecule has 1 amide bonds. The number of carbonyl (C=O) groups is 1. The van der Waals surface area contributed by atoms with Gasteiger partial charge in [-0.15, -0.1) is 0 Å². The Morgan fingerprint density at radius 1 is 1.04 bits per heavy atom. The van der Waals surface area contributed by atoms with Gasteiger partial charge in [-0.25, -0.2) is 4.79 Å². The Morgan fingerprint density at radius 2 is 1.70 bits per heavy atom. The number of nitrogens with one attached hydrogen (secondary N) is 1. The number of alkyl carbamates (subject to hydrolysis) is 1. The molecular formula is C22H39NO4. The van der Waals surface area contributed by atoms with Crippen LogP contribution in [0, 0.1) is 28.6 Å². The normalized spacial score (nSPS) is 44.3. The van der Waals surface area contributed by atoms with Crippen LogP contribution in [0.2, 0.25) is 0 Å². The van der Waals surface area contributed by atoms with Gasteiger partial charge in [0.15, 0.2) is 0 Å². The lowest BCUT2D eigenvalue weighted by Gasteiger charge is -2.57. The summed E-state index contributed by atoms with van der Waals surface area (Å²) >= 11 is 0. The largest absolute Gasteiger partial charge is 0.444 e. The number of ether oxygens (including phenoxy) is 1. The van der Waals surface area contributed by atoms with Gasteiger partial charge in [-0.1, -0.05) is 13.8 Å². The summed E-state index contributed by atoms with van der Waals surface area (Å²) in [5.74, 6) is 1.61. The standard InChI is InChI=1S/C22H39NO4/c1-20(2,3)27-19(26)23-13-12-22(5)16-10-11-21(4)15(7-9-18(21)25)14(16)6-8-17(22)24/h14-18,24-25H,6-13H2,1-5H3,(H,23,26)/t14-,15-,16?,17?,18?,21-,22+/m0/s1. The van der Waals surface area contributed by atoms with Gasteiger partial charge in [0.2, 0.25) is 0 Å². The Bertz CT molecular complexity index is 559. The maximum atomic E-state index is 12.0. The van der Waals surface area contributed by atoms with Crippen molar-refractivity contribution in [3.8, 4) is 0 Å². The fraction of sp³-hybridized carbons (Fsp3) is 0.955. The van der Waals surface area contributed by atoms with E-state index in [9.17, 15) is 15.0 Å². The van der Waals surface area contributed by atoms with Gasteiger partial charge in [0.25, 0.3) is 0 Å². The van der Waals surface area contributed by atoms with Crippen LogP contribution in [0.15, 0.2) is 0 Å². The van der Waals surface area contributed by atoms with E-state index in [4.69, 9.17) is 4.74 Å². The molecule has 0 aromatic carbocycles. The van der Waals surface area contributed by atoms with Gasteiger partial charge >= 0.3 is 6.09 Å². The average Bonchev–Trinajstić information content (AvgIpc) is 2.85. The van der Waals surface area contributed by atoms with Crippen molar-refractivity contribution in [2.24, 2.45) is 28.6 Å². The minimum Gasteiger partial charge on any atom is -0.444 e. The average molecular weight is 382 g/mol. The second kappa shape index (κ2) is 7.22. The Labute approximate surface area is 164 Å². The van der Waals surface area contributed by atoms with Crippen molar-refractivity contribution in [1.29, 1.82) is 0 Å². The lowest BCUT2D eigenvalue weighted by Crippen LogP contribution is -2.55. The van der Waals surface area contributed by atoms with E-state index in [0.29, 0.717) is 24.3 Å². The highest BCUT2D eigenvalue weighted by Crippen LogP contribution is 2.63. The molecule has 0 saturated heterocycles. The number of rotatable bonds is 3. The van der Waals surface area contributed by atoms with E-state index in [2.05, 4.69) is 19.2 Å². The number of amides is 1. The SMILES string of the molecule is CC(C)(C)OC(=O)NCC[C@@]1(C)C(O)CC[C@@H]2C1CC[C@]1(C)C(O)CC[C@@H]21. The zero-order chi connectivity index (χ0) is 20.0. The van der Waals surface area contributed by atoms with E-state index in [-0.39, 0.29) is 29.1 Å². The van der Waals surface area contributed by atoms with Crippen LogP contribution in [0.25, 0.3) is 0 Å². The molecule has 3 rings (SSSR count). The minimum absolute atomic E-state index is 0.0547. The fourth-order valence-corrected chi connectivity index (χ4v) is 6.51. The lowest BCUT2D eigenvalue weighted by molar-refractivity contribution is -0.136. The van der Waals surface area contributed by atoms with E-state index in [1.807, 2.05) is 20.8 Å². The van der Waals surface area contributed by atoms with Crippen LogP contribution in [-0.4, -0.2) is 40.7 Å². The molecule has 5 nitrogen and oxygen atoms in total. The smallest absolute Gasteiger partial charge is 0.407 e. The van der Waals surface area contributed by atoms with Crippen molar-refractivity contribution in [2.75, 3.05) is 6.54 Å². The first-order valence-corrected chi connectivity index (χ1v) is 10.8. The van der Waals surface area contributed by atoms with Gasteiger partial charge in [-0.05, 0) is 94.3 Å². The number of hydrogen-bond donors (Lipinski definition) is 3. The lowest BCUT2D eigenvalue weighted by atomic mass is 9.49. The number of aliphatic hydroxyl groups excluding tert-OH is 2. The van der Waals surface area contributed by atoms with Gasteiger partial charge in [0.05, 0.1) is 12.2 Å². The third kappa shape index (κ3) is 3.87. The Kier molecular flexibility index (Phi) is 5.59. The van der Waals surface area contributed by atoms with Crippen molar-refractivity contribution >= 4 is 6.09 Å². The molecule has 156 valence electrons. The fourth-order valence-electron chi connectivity index (χ4n) is 6.51. The summed E-state index contributed by atoms with van der Waals surface area (Å²) in [5.41, 5.74) is -0.632. The van der Waals surface area contributed by atoms with Gasteiger partial charge in [0, 0.05) is 6.54 Å². The molecular weight excluding hydrogens is 342 g/mol. The molecule has 3 fully saturated rings. The molecule has 0 aromatic heterocycles. The van der Waals surface area contributed by atoms with E-state index < -0.39 is 5.60 Å². The van der Waals surface area contributed by atoms with Crippen LogP contribution in [0.4, 0.5) is 4.79 Å². The molecule has 0 heterocycles. The first kappa shape index (κ1) is 20.9. The van der Waals surface area contributed by atoms with Crippen molar-refractivity contribution in [2.45, 2.75) is 97.4 Å². The van der Waals surface area contributed by atoms with E-state index in [1.165, 1.54) is 0 Å². The van der Waals surface area contributed by atoms with Crippen LogP contribution >= 0.6 is 0 Å². The highest BCUT2D eigenvalue weighted by atomic mass is 16.6. The van der Waals surface area contributed by atoms with Gasteiger partial charge in [-0.2, -0.15) is 0 Å². The minimum atomic E-state index is -0.499. The molecule has 0 bridgehead atoms. The van der Waals surface area contributed by atoms with Crippen molar-refractivity contribution in [3.63, 3.8) is 0 Å². The van der Waals surface area contributed by atoms with E-state index in [1.54, 1.807) is 0 Å². The van der Waals surface area contributed by atoms with Crippen LogP contribution in [-0.2, 0) is 4.74 Å². The number of fused-ring (bicyclic) bond motifs is 3. The molecule has 3 unspecified atom stereocenters. The molecule has 0 spiro atoms. The van der Waals surface area contributed by atoms with Crippen molar-refractivity contribution in [1.82, 2.24) is 5.32 Å². The van der Waals surface area contributed by atoms with Crippen molar-refractivity contribution < 1.29 is 19.7 Å². The van der Waals surface area contributed by atoms with Crippen LogP contribution in [0.5, 0.6) is 0 Å². The monoisotopic (exact) mass is 381 g/mol. The molecule has 3 N–H and O–H groups in total. The van der Waals surface area contributed by atoms with E-state index in [0.717, 1.165) is 44.9 Å². The zero-order valence-electron chi connectivity index (χ0n) is 17.8. The van der Waals surface area contributed by atoms with Crippen LogP contribution in [0.3, 0.4) is 0 Å². The molecule has 0 aromatic rings. The Hall–Kier alpha value is -0.810. The summed E-state index contributed by atoms with van der Waals surface area (Å²) in [7, 11) is 0. The van der Waals surface area contributed by atoms with Crippen molar-refractivity contribution in [3.05, 3.63) is 0 Å². The third-order valence-corrected chi connectivity index (χ3v) is 8.10. The zero-order valence-corrected chi connectivity index (χ0v) is 17.8. The third-order valence-electron chi connectivity index (χ3n) is 8.10. The molecule has 7 atom stereocenters. The van der Waals surface area contributed by atoms with Gasteiger partial charge in [0.1, 0.15) is 5.60 Å². The van der Waals surface area contributed by atoms with Gasteiger partial charge in [-0.3, -0.25) is 0 Å². The number of aliphatic hydroxyl groups is 2. The second-order valence-corrected chi connectivity index (χ2v) is 10.8. The van der Waals surface area contributed by atoms with Gasteiger partial charge < -0.3 is 20.3 Å². The number of hydrogen-bond acceptors (Lipinski definition) is 4. The summed E-state index contributed by atoms with van der Waals surface area (Å²) in [4.78, 5) is 12.0. The summed E-state index contributed by atoms with van der Waals surface area (Å²) in [6, 6.07) is 0. The van der Waals surface area contributed by atoms with E-state index >= 15 is 0 Å². The predicted octanol–water partition coefficient (Wildman–Crippen LogP) is 3.87. The topological polar surface area (TPSA) is 78.8 Å². The maximum absolute atomic E-state index is 12.0. The molecule has 3 aliphatic rings. The van der Waals surface area contributed by atoms with Crippen LogP contribution in [0.1, 0.15) is 79.6 Å². The predicted molar refractivity (Wildman–Crippen MR) is 105 cm³/mol. The highest BCUT2D eigenvalue weighted by Gasteiger charge is 2.59.